The Balaban J connectivity index is 2.13. The summed E-state index contributed by atoms with van der Waals surface area (Å²) in [5, 5.41) is 24.1. The summed E-state index contributed by atoms with van der Waals surface area (Å²) in [7, 11) is -3.43. The highest BCUT2D eigenvalue weighted by molar-refractivity contribution is 7.90. The van der Waals surface area contributed by atoms with Crippen molar-refractivity contribution in [1.29, 1.82) is 0 Å². The van der Waals surface area contributed by atoms with Crippen molar-refractivity contribution in [2.24, 2.45) is 0 Å². The molecular weight excluding hydrogens is 475 g/mol. The third-order valence-electron chi connectivity index (χ3n) is 4.88. The third-order valence-corrected chi connectivity index (χ3v) is 6.31. The molecule has 0 aliphatic carbocycles. The van der Waals surface area contributed by atoms with Crippen LogP contribution in [0.15, 0.2) is 58.4 Å². The van der Waals surface area contributed by atoms with Gasteiger partial charge in [-0.3, -0.25) is 4.79 Å². The van der Waals surface area contributed by atoms with Gasteiger partial charge in [-0.15, -0.1) is 0 Å². The number of ether oxygens (including phenoxy) is 1. The molecule has 33 heavy (non-hydrogen) atoms. The fourth-order valence-electron chi connectivity index (χ4n) is 2.83. The lowest BCUT2D eigenvalue weighted by Crippen LogP contribution is -2.40. The second kappa shape index (κ2) is 9.22. The molecule has 0 saturated heterocycles. The van der Waals surface area contributed by atoms with Gasteiger partial charge in [-0.1, -0.05) is 23.7 Å². The van der Waals surface area contributed by atoms with Gasteiger partial charge >= 0.3 is 5.56 Å². The van der Waals surface area contributed by atoms with E-state index in [1.54, 1.807) is 0 Å². The van der Waals surface area contributed by atoms with Gasteiger partial charge in [0.1, 0.15) is 18.5 Å². The Hall–Kier alpha value is -2.79. The lowest BCUT2D eigenvalue weighted by Gasteiger charge is -2.24. The maximum Gasteiger partial charge on any atom is 0.314 e. The predicted octanol–water partition coefficient (Wildman–Crippen LogP) is 2.61. The summed E-state index contributed by atoms with van der Waals surface area (Å²) in [6, 6.07) is 9.43. The van der Waals surface area contributed by atoms with Crippen LogP contribution in [-0.2, 0) is 9.84 Å². The van der Waals surface area contributed by atoms with Gasteiger partial charge in [0.15, 0.2) is 15.6 Å². The van der Waals surface area contributed by atoms with Gasteiger partial charge in [0, 0.05) is 17.9 Å². The summed E-state index contributed by atoms with van der Waals surface area (Å²) < 4.78 is 43.9. The van der Waals surface area contributed by atoms with Crippen LogP contribution in [0.25, 0.3) is 16.8 Å². The summed E-state index contributed by atoms with van der Waals surface area (Å²) >= 11 is 5.71. The van der Waals surface area contributed by atoms with Crippen molar-refractivity contribution in [1.82, 2.24) is 9.78 Å². The second-order valence-electron chi connectivity index (χ2n) is 7.98. The number of aromatic nitrogens is 2. The number of sulfone groups is 1. The topological polar surface area (TPSA) is 119 Å². The smallest absolute Gasteiger partial charge is 0.314 e. The third kappa shape index (κ3) is 5.59. The first-order valence-corrected chi connectivity index (χ1v) is 12.0. The molecule has 0 bridgehead atoms. The van der Waals surface area contributed by atoms with Crippen LogP contribution in [0, 0.1) is 5.82 Å². The normalized spacial score (nSPS) is 13.1. The first kappa shape index (κ1) is 24.8. The van der Waals surface area contributed by atoms with Crippen LogP contribution in [0.2, 0.25) is 5.02 Å². The van der Waals surface area contributed by atoms with Crippen molar-refractivity contribution in [2.45, 2.75) is 30.4 Å². The molecule has 2 aromatic carbocycles. The average Bonchev–Trinajstić information content (AvgIpc) is 2.73. The van der Waals surface area contributed by atoms with Crippen molar-refractivity contribution in [3.63, 3.8) is 0 Å². The van der Waals surface area contributed by atoms with Crippen molar-refractivity contribution < 1.29 is 27.8 Å². The summed E-state index contributed by atoms with van der Waals surface area (Å²) in [4.78, 5) is 13.3. The predicted molar refractivity (Wildman–Crippen MR) is 121 cm³/mol. The minimum atomic E-state index is -3.43. The van der Waals surface area contributed by atoms with E-state index in [4.69, 9.17) is 16.3 Å². The maximum atomic E-state index is 13.9. The fraction of sp³-hybridized carbons (Fsp3) is 0.273. The zero-order valence-corrected chi connectivity index (χ0v) is 19.6. The van der Waals surface area contributed by atoms with Crippen LogP contribution >= 0.6 is 11.6 Å². The minimum Gasteiger partial charge on any atom is -0.484 e. The van der Waals surface area contributed by atoms with E-state index < -0.39 is 39.5 Å². The number of halogens is 2. The van der Waals surface area contributed by atoms with E-state index in [-0.39, 0.29) is 26.9 Å². The lowest BCUT2D eigenvalue weighted by atomic mass is 10.0. The average molecular weight is 497 g/mol. The molecule has 8 nitrogen and oxygen atoms in total. The number of rotatable bonds is 7. The van der Waals surface area contributed by atoms with E-state index in [9.17, 15) is 27.8 Å². The van der Waals surface area contributed by atoms with Gasteiger partial charge in [-0.2, -0.15) is 9.78 Å². The van der Waals surface area contributed by atoms with Gasteiger partial charge in [-0.05, 0) is 43.7 Å². The molecule has 1 heterocycles. The molecular formula is C22H22ClFN2O6S. The maximum absolute atomic E-state index is 13.9. The summed E-state index contributed by atoms with van der Waals surface area (Å²) in [5.41, 5.74) is -1.52. The number of hydrogen-bond acceptors (Lipinski definition) is 7. The number of aliphatic hydroxyl groups excluding tert-OH is 1. The zero-order chi connectivity index (χ0) is 24.6. The van der Waals surface area contributed by atoms with Crippen LogP contribution in [0.5, 0.6) is 5.75 Å². The monoisotopic (exact) mass is 496 g/mol. The Morgan fingerprint density at radius 3 is 2.39 bits per heavy atom. The molecule has 11 heteroatoms. The van der Waals surface area contributed by atoms with Gasteiger partial charge in [0.05, 0.1) is 27.4 Å². The summed E-state index contributed by atoms with van der Waals surface area (Å²) in [6.07, 6.45) is 1.05. The quantitative estimate of drug-likeness (QED) is 0.516. The van der Waals surface area contributed by atoms with Crippen molar-refractivity contribution in [3.8, 4) is 22.6 Å². The van der Waals surface area contributed by atoms with E-state index in [2.05, 4.69) is 5.10 Å². The van der Waals surface area contributed by atoms with Crippen LogP contribution in [-0.4, -0.2) is 53.0 Å². The molecule has 0 aliphatic rings. The van der Waals surface area contributed by atoms with E-state index in [1.165, 1.54) is 56.4 Å². The highest BCUT2D eigenvalue weighted by atomic mass is 35.5. The molecule has 2 N–H and O–H groups in total. The SMILES string of the molecule is CC(C)(O)[C@H](O)COc1c(-c2ccc(S(C)(=O)=O)cc2)cnn(-c2ccc(Cl)c(F)c2)c1=O. The number of hydrogen-bond donors (Lipinski definition) is 2. The number of nitrogens with zero attached hydrogens (tertiary/aromatic N) is 2. The van der Waals surface area contributed by atoms with Crippen molar-refractivity contribution in [2.75, 3.05) is 12.9 Å². The van der Waals surface area contributed by atoms with Gasteiger partial charge in [0.2, 0.25) is 0 Å². The molecule has 0 saturated carbocycles. The first-order chi connectivity index (χ1) is 15.3. The van der Waals surface area contributed by atoms with Crippen molar-refractivity contribution >= 4 is 21.4 Å². The Morgan fingerprint density at radius 2 is 1.85 bits per heavy atom. The molecule has 3 rings (SSSR count). The molecule has 3 aromatic rings. The Labute approximate surface area is 194 Å². The van der Waals surface area contributed by atoms with Crippen LogP contribution < -0.4 is 10.3 Å². The van der Waals surface area contributed by atoms with E-state index in [0.717, 1.165) is 17.0 Å². The summed E-state index contributed by atoms with van der Waals surface area (Å²) in [6.45, 7) is 2.34. The van der Waals surface area contributed by atoms with E-state index in [0.29, 0.717) is 5.56 Å². The van der Waals surface area contributed by atoms with Crippen LogP contribution in [0.4, 0.5) is 4.39 Å². The largest absolute Gasteiger partial charge is 0.484 e. The number of benzene rings is 2. The molecule has 0 unspecified atom stereocenters. The Morgan fingerprint density at radius 1 is 1.21 bits per heavy atom. The van der Waals surface area contributed by atoms with E-state index in [1.807, 2.05) is 0 Å². The first-order valence-electron chi connectivity index (χ1n) is 9.70. The van der Waals surface area contributed by atoms with E-state index >= 15 is 0 Å². The van der Waals surface area contributed by atoms with Crippen LogP contribution in [0.1, 0.15) is 13.8 Å². The van der Waals surface area contributed by atoms with Gasteiger partial charge in [0.25, 0.3) is 0 Å². The minimum absolute atomic E-state index is 0.0871. The summed E-state index contributed by atoms with van der Waals surface area (Å²) in [5.74, 6) is -0.973. The highest BCUT2D eigenvalue weighted by Crippen LogP contribution is 2.28. The second-order valence-corrected chi connectivity index (χ2v) is 10.4. The number of aliphatic hydroxyl groups is 2. The highest BCUT2D eigenvalue weighted by Gasteiger charge is 2.26. The lowest BCUT2D eigenvalue weighted by molar-refractivity contribution is -0.0663. The molecule has 0 radical (unpaired) electrons. The molecule has 0 aliphatic heterocycles. The standard InChI is InChI=1S/C22H22ClFN2O6S/c1-22(2,29)19(27)12-32-20-16(13-4-7-15(8-5-13)33(3,30)31)11-25-26(21(20)28)14-6-9-17(23)18(24)10-14/h4-11,19,27,29H,12H2,1-3H3/t19-/m1/s1. The molecule has 0 fully saturated rings. The van der Waals surface area contributed by atoms with Gasteiger partial charge < -0.3 is 14.9 Å². The molecule has 176 valence electrons. The van der Waals surface area contributed by atoms with Crippen molar-refractivity contribution in [3.05, 3.63) is 69.9 Å². The zero-order valence-electron chi connectivity index (χ0n) is 18.0. The van der Waals surface area contributed by atoms with Crippen LogP contribution in [0.3, 0.4) is 0 Å². The molecule has 0 spiro atoms. The fourth-order valence-corrected chi connectivity index (χ4v) is 3.58. The Kier molecular flexibility index (Phi) is 6.94. The van der Waals surface area contributed by atoms with Gasteiger partial charge in [-0.25, -0.2) is 12.8 Å². The molecule has 0 amide bonds. The molecule has 1 aromatic heterocycles. The Bertz CT molecular complexity index is 1330. The molecule has 1 atom stereocenters.